The number of carbonyl (C=O) groups excluding carboxylic acids is 2. The maximum Gasteiger partial charge on any atom is 0.290 e. The molecule has 0 saturated carbocycles. The number of nitrogens with one attached hydrogen (secondary N) is 1. The quantitative estimate of drug-likeness (QED) is 0.687. The molecule has 14 heavy (non-hydrogen) atoms. The smallest absolute Gasteiger partial charge is 0.290 e. The van der Waals surface area contributed by atoms with E-state index in [0.717, 1.165) is 0 Å². The Morgan fingerprint density at radius 1 is 1.64 bits per heavy atom. The molecule has 3 N–H and O–H groups in total. The molecule has 0 radical (unpaired) electrons. The Labute approximate surface area is 80.4 Å². The average molecular weight is 197 g/mol. The molecule has 1 unspecified atom stereocenters. The highest BCUT2D eigenvalue weighted by Gasteiger charge is 2.16. The number of nitrogens with zero attached hydrogens (tertiary/aromatic N) is 1. The molecule has 6 heteroatoms. The molecular formula is C8H11N3O3. The van der Waals surface area contributed by atoms with Crippen molar-refractivity contribution in [3.8, 4) is 0 Å². The molecular weight excluding hydrogens is 186 g/mol. The van der Waals surface area contributed by atoms with E-state index < -0.39 is 17.9 Å². The molecule has 1 aromatic rings. The van der Waals surface area contributed by atoms with E-state index in [9.17, 15) is 9.59 Å². The first-order valence-electron chi connectivity index (χ1n) is 4.04. The lowest BCUT2D eigenvalue weighted by atomic mass is 10.3. The molecule has 2 amide bonds. The summed E-state index contributed by atoms with van der Waals surface area (Å²) >= 11 is 0. The molecule has 0 aliphatic rings. The van der Waals surface area contributed by atoms with Crippen LogP contribution in [0.15, 0.2) is 10.6 Å². The Morgan fingerprint density at radius 3 is 2.71 bits per heavy atom. The van der Waals surface area contributed by atoms with Crippen LogP contribution in [-0.4, -0.2) is 23.0 Å². The van der Waals surface area contributed by atoms with Gasteiger partial charge in [-0.25, -0.2) is 0 Å². The van der Waals surface area contributed by atoms with Crippen LogP contribution in [0.4, 0.5) is 0 Å². The number of aromatic nitrogens is 1. The van der Waals surface area contributed by atoms with Crippen LogP contribution in [0.1, 0.15) is 23.2 Å². The average Bonchev–Trinajstić information content (AvgIpc) is 2.51. The topological polar surface area (TPSA) is 98.2 Å². The van der Waals surface area contributed by atoms with Crippen molar-refractivity contribution in [3.63, 3.8) is 0 Å². The van der Waals surface area contributed by atoms with Gasteiger partial charge in [0.15, 0.2) is 0 Å². The highest BCUT2D eigenvalue weighted by molar-refractivity contribution is 5.94. The predicted molar refractivity (Wildman–Crippen MR) is 47.4 cm³/mol. The van der Waals surface area contributed by atoms with Crippen LogP contribution in [0.2, 0.25) is 0 Å². The Kier molecular flexibility index (Phi) is 2.85. The maximum absolute atomic E-state index is 11.3. The van der Waals surface area contributed by atoms with Crippen LogP contribution in [0.25, 0.3) is 0 Å². The van der Waals surface area contributed by atoms with Crippen LogP contribution >= 0.6 is 0 Å². The maximum atomic E-state index is 11.3. The van der Waals surface area contributed by atoms with Gasteiger partial charge in [0.25, 0.3) is 5.91 Å². The van der Waals surface area contributed by atoms with Gasteiger partial charge >= 0.3 is 0 Å². The second-order valence-corrected chi connectivity index (χ2v) is 2.93. The molecule has 1 atom stereocenters. The third-order valence-electron chi connectivity index (χ3n) is 1.63. The van der Waals surface area contributed by atoms with E-state index in [4.69, 9.17) is 10.3 Å². The number of primary amides is 1. The van der Waals surface area contributed by atoms with E-state index in [-0.39, 0.29) is 5.76 Å². The minimum Gasteiger partial charge on any atom is -0.368 e. The molecule has 1 aromatic heterocycles. The van der Waals surface area contributed by atoms with Crippen LogP contribution in [0, 0.1) is 6.92 Å². The summed E-state index contributed by atoms with van der Waals surface area (Å²) in [7, 11) is 0. The van der Waals surface area contributed by atoms with E-state index >= 15 is 0 Å². The first kappa shape index (κ1) is 10.2. The number of aryl methyl sites for hydroxylation is 1. The molecule has 0 aliphatic carbocycles. The number of rotatable bonds is 3. The largest absolute Gasteiger partial charge is 0.368 e. The van der Waals surface area contributed by atoms with Gasteiger partial charge < -0.3 is 15.6 Å². The van der Waals surface area contributed by atoms with Gasteiger partial charge in [-0.2, -0.15) is 0 Å². The minimum atomic E-state index is -0.729. The fourth-order valence-electron chi connectivity index (χ4n) is 0.809. The van der Waals surface area contributed by atoms with Crippen LogP contribution in [0.5, 0.6) is 0 Å². The summed E-state index contributed by atoms with van der Waals surface area (Å²) in [5, 5.41) is 5.90. The first-order chi connectivity index (χ1) is 6.50. The summed E-state index contributed by atoms with van der Waals surface area (Å²) in [6.45, 7) is 3.18. The molecule has 0 fully saturated rings. The SMILES string of the molecule is Cc1cc(C(=O)NC(C)C(N)=O)on1. The van der Waals surface area contributed by atoms with Crippen molar-refractivity contribution in [2.45, 2.75) is 19.9 Å². The minimum absolute atomic E-state index is 0.0654. The Balaban J connectivity index is 2.63. The van der Waals surface area contributed by atoms with Crippen LogP contribution < -0.4 is 11.1 Å². The van der Waals surface area contributed by atoms with Crippen molar-refractivity contribution in [1.29, 1.82) is 0 Å². The molecule has 76 valence electrons. The number of amides is 2. The normalized spacial score (nSPS) is 12.1. The first-order valence-corrected chi connectivity index (χ1v) is 4.04. The van der Waals surface area contributed by atoms with Crippen LogP contribution in [0.3, 0.4) is 0 Å². The lowest BCUT2D eigenvalue weighted by Crippen LogP contribution is -2.42. The molecule has 0 aromatic carbocycles. The molecule has 6 nitrogen and oxygen atoms in total. The monoisotopic (exact) mass is 197 g/mol. The summed E-state index contributed by atoms with van der Waals surface area (Å²) in [6.07, 6.45) is 0. The second kappa shape index (κ2) is 3.91. The van der Waals surface area contributed by atoms with Crippen molar-refractivity contribution < 1.29 is 14.1 Å². The Hall–Kier alpha value is -1.85. The predicted octanol–water partition coefficient (Wildman–Crippen LogP) is -0.413. The fourth-order valence-corrected chi connectivity index (χ4v) is 0.809. The van der Waals surface area contributed by atoms with Crippen molar-refractivity contribution in [3.05, 3.63) is 17.5 Å². The van der Waals surface area contributed by atoms with Crippen molar-refractivity contribution in [1.82, 2.24) is 10.5 Å². The zero-order valence-corrected chi connectivity index (χ0v) is 7.90. The summed E-state index contributed by atoms with van der Waals surface area (Å²) in [4.78, 5) is 22.0. The van der Waals surface area contributed by atoms with E-state index in [0.29, 0.717) is 5.69 Å². The lowest BCUT2D eigenvalue weighted by Gasteiger charge is -2.07. The van der Waals surface area contributed by atoms with Gasteiger partial charge in [0.2, 0.25) is 11.7 Å². The third-order valence-corrected chi connectivity index (χ3v) is 1.63. The van der Waals surface area contributed by atoms with Gasteiger partial charge in [-0.05, 0) is 13.8 Å². The summed E-state index contributed by atoms with van der Waals surface area (Å²) in [5.74, 6) is -1.04. The van der Waals surface area contributed by atoms with Gasteiger partial charge in [-0.15, -0.1) is 0 Å². The molecule has 1 heterocycles. The standard InChI is InChI=1S/C8H11N3O3/c1-4-3-6(14-11-4)8(13)10-5(2)7(9)12/h3,5H,1-2H3,(H2,9,12)(H,10,13). The molecule has 0 aliphatic heterocycles. The molecule has 0 bridgehead atoms. The van der Waals surface area contributed by atoms with E-state index in [1.54, 1.807) is 6.92 Å². The molecule has 1 rings (SSSR count). The fraction of sp³-hybridized carbons (Fsp3) is 0.375. The van der Waals surface area contributed by atoms with Crippen LogP contribution in [-0.2, 0) is 4.79 Å². The number of hydrogen-bond acceptors (Lipinski definition) is 4. The van der Waals surface area contributed by atoms with Gasteiger partial charge in [-0.1, -0.05) is 5.16 Å². The molecule has 0 spiro atoms. The summed E-state index contributed by atoms with van der Waals surface area (Å²) in [6, 6.07) is 0.746. The second-order valence-electron chi connectivity index (χ2n) is 2.93. The summed E-state index contributed by atoms with van der Waals surface area (Å²) < 4.78 is 4.69. The molecule has 0 saturated heterocycles. The van der Waals surface area contributed by atoms with Gasteiger partial charge in [0, 0.05) is 6.07 Å². The van der Waals surface area contributed by atoms with Crippen molar-refractivity contribution in [2.24, 2.45) is 5.73 Å². The van der Waals surface area contributed by atoms with E-state index in [1.807, 2.05) is 0 Å². The highest BCUT2D eigenvalue weighted by atomic mass is 16.5. The van der Waals surface area contributed by atoms with Gasteiger partial charge in [0.1, 0.15) is 6.04 Å². The highest BCUT2D eigenvalue weighted by Crippen LogP contribution is 2.01. The van der Waals surface area contributed by atoms with Crippen molar-refractivity contribution in [2.75, 3.05) is 0 Å². The van der Waals surface area contributed by atoms with Gasteiger partial charge in [0.05, 0.1) is 5.69 Å². The van der Waals surface area contributed by atoms with E-state index in [2.05, 4.69) is 10.5 Å². The number of hydrogen-bond donors (Lipinski definition) is 2. The van der Waals surface area contributed by atoms with Gasteiger partial charge in [-0.3, -0.25) is 9.59 Å². The third kappa shape index (κ3) is 2.32. The Bertz CT molecular complexity index is 358. The number of carbonyl (C=O) groups is 2. The zero-order valence-electron chi connectivity index (χ0n) is 7.90. The van der Waals surface area contributed by atoms with Crippen molar-refractivity contribution >= 4 is 11.8 Å². The Morgan fingerprint density at radius 2 is 2.29 bits per heavy atom. The summed E-state index contributed by atoms with van der Waals surface area (Å²) in [5.41, 5.74) is 5.57. The number of nitrogens with two attached hydrogens (primary N) is 1. The lowest BCUT2D eigenvalue weighted by molar-refractivity contribution is -0.119. The zero-order chi connectivity index (χ0) is 10.7. The van der Waals surface area contributed by atoms with E-state index in [1.165, 1.54) is 13.0 Å².